The van der Waals surface area contributed by atoms with Crippen LogP contribution in [0.3, 0.4) is 0 Å². The maximum absolute atomic E-state index is 13.4. The Labute approximate surface area is 187 Å². The molecule has 0 aliphatic carbocycles. The van der Waals surface area contributed by atoms with Crippen molar-refractivity contribution in [1.82, 2.24) is 4.90 Å². The van der Waals surface area contributed by atoms with Crippen molar-refractivity contribution in [2.75, 3.05) is 10.2 Å². The molecule has 0 spiro atoms. The van der Waals surface area contributed by atoms with Gasteiger partial charge in [0.25, 0.3) is 5.91 Å². The van der Waals surface area contributed by atoms with Crippen LogP contribution in [-0.2, 0) is 28.7 Å². The molecule has 2 heterocycles. The summed E-state index contributed by atoms with van der Waals surface area (Å²) in [6.07, 6.45) is -4.06. The zero-order chi connectivity index (χ0) is 23.2. The van der Waals surface area contributed by atoms with E-state index in [2.05, 4.69) is 5.32 Å². The van der Waals surface area contributed by atoms with E-state index in [1.807, 2.05) is 12.1 Å². The average Bonchev–Trinajstić information content (AvgIpc) is 3.00. The highest BCUT2D eigenvalue weighted by molar-refractivity contribution is 7.80. The molecule has 1 fully saturated rings. The van der Waals surface area contributed by atoms with Crippen molar-refractivity contribution in [2.24, 2.45) is 0 Å². The third-order valence-corrected chi connectivity index (χ3v) is 5.99. The summed E-state index contributed by atoms with van der Waals surface area (Å²) in [4.78, 5) is 27.6. The van der Waals surface area contributed by atoms with Crippen LogP contribution >= 0.6 is 12.2 Å². The van der Waals surface area contributed by atoms with Crippen molar-refractivity contribution in [2.45, 2.75) is 38.5 Å². The molecule has 1 saturated heterocycles. The van der Waals surface area contributed by atoms with E-state index in [-0.39, 0.29) is 16.7 Å². The Kier molecular flexibility index (Phi) is 5.38. The Morgan fingerprint density at radius 1 is 1.25 bits per heavy atom. The van der Waals surface area contributed by atoms with Crippen LogP contribution in [0.25, 0.3) is 0 Å². The molecule has 2 aliphatic rings. The van der Waals surface area contributed by atoms with Gasteiger partial charge in [0.2, 0.25) is 5.91 Å². The number of amides is 2. The molecular weight excluding hydrogens is 441 g/mol. The van der Waals surface area contributed by atoms with Crippen molar-refractivity contribution >= 4 is 40.5 Å². The van der Waals surface area contributed by atoms with Crippen molar-refractivity contribution in [3.8, 4) is 6.07 Å². The summed E-state index contributed by atoms with van der Waals surface area (Å²) < 4.78 is 40.2. The van der Waals surface area contributed by atoms with E-state index in [1.165, 1.54) is 12.1 Å². The van der Waals surface area contributed by atoms with Gasteiger partial charge in [-0.2, -0.15) is 18.4 Å². The van der Waals surface area contributed by atoms with Crippen molar-refractivity contribution in [3.63, 3.8) is 0 Å². The number of thiocarbonyl (C=S) groups is 1. The fraction of sp³-hybridized carbons (Fsp3) is 0.273. The maximum atomic E-state index is 13.4. The van der Waals surface area contributed by atoms with E-state index in [4.69, 9.17) is 17.5 Å². The molecule has 2 amide bonds. The summed E-state index contributed by atoms with van der Waals surface area (Å²) in [5.74, 6) is -0.542. The van der Waals surface area contributed by atoms with Gasteiger partial charge in [0.05, 0.1) is 22.9 Å². The van der Waals surface area contributed by atoms with E-state index >= 15 is 0 Å². The quantitative estimate of drug-likeness (QED) is 0.704. The molecule has 0 radical (unpaired) electrons. The van der Waals surface area contributed by atoms with Crippen LogP contribution in [0.2, 0.25) is 0 Å². The Morgan fingerprint density at radius 2 is 2.00 bits per heavy atom. The molecule has 1 N–H and O–H groups in total. The van der Waals surface area contributed by atoms with E-state index in [0.29, 0.717) is 25.1 Å². The molecule has 0 bridgehead atoms. The number of rotatable bonds is 3. The van der Waals surface area contributed by atoms with Crippen LogP contribution < -0.4 is 10.2 Å². The number of nitrogens with zero attached hydrogens (tertiary/aromatic N) is 3. The Bertz CT molecular complexity index is 1190. The molecule has 2 aromatic rings. The monoisotopic (exact) mass is 458 g/mol. The third-order valence-electron chi connectivity index (χ3n) is 5.57. The highest BCUT2D eigenvalue weighted by Crippen LogP contribution is 2.38. The van der Waals surface area contributed by atoms with Crippen molar-refractivity contribution < 1.29 is 22.8 Å². The summed E-state index contributed by atoms with van der Waals surface area (Å²) >= 11 is 5.46. The Balaban J connectivity index is 1.66. The molecule has 32 heavy (non-hydrogen) atoms. The van der Waals surface area contributed by atoms with Crippen molar-refractivity contribution in [1.29, 1.82) is 5.26 Å². The lowest BCUT2D eigenvalue weighted by Gasteiger charge is -2.30. The number of alkyl halides is 3. The van der Waals surface area contributed by atoms with E-state index in [9.17, 15) is 22.8 Å². The second-order valence-corrected chi connectivity index (χ2v) is 7.89. The van der Waals surface area contributed by atoms with Gasteiger partial charge >= 0.3 is 6.18 Å². The fourth-order valence-electron chi connectivity index (χ4n) is 3.95. The van der Waals surface area contributed by atoms with Crippen molar-refractivity contribution in [3.05, 3.63) is 58.7 Å². The van der Waals surface area contributed by atoms with Gasteiger partial charge in [-0.3, -0.25) is 14.5 Å². The minimum Gasteiger partial charge on any atom is -0.332 e. The molecular formula is C22H17F3N4O2S. The van der Waals surface area contributed by atoms with Crippen LogP contribution in [0.5, 0.6) is 0 Å². The number of anilines is 2. The normalized spacial score (nSPS) is 17.7. The number of fused-ring (bicyclic) bond motifs is 2. The van der Waals surface area contributed by atoms with Crippen LogP contribution in [0.1, 0.15) is 35.6 Å². The minimum atomic E-state index is -4.74. The molecule has 10 heteroatoms. The number of carbonyl (C=O) groups excluding carboxylic acids is 2. The fourth-order valence-corrected chi connectivity index (χ4v) is 4.33. The first-order valence-corrected chi connectivity index (χ1v) is 10.2. The van der Waals surface area contributed by atoms with Gasteiger partial charge in [0, 0.05) is 25.1 Å². The summed E-state index contributed by atoms with van der Waals surface area (Å²) in [5, 5.41) is 11.9. The molecule has 2 aliphatic heterocycles. The van der Waals surface area contributed by atoms with Crippen LogP contribution in [0, 0.1) is 11.3 Å². The molecule has 4 rings (SSSR count). The van der Waals surface area contributed by atoms with E-state index in [0.717, 1.165) is 28.2 Å². The van der Waals surface area contributed by atoms with Crippen LogP contribution in [-0.4, -0.2) is 27.9 Å². The predicted octanol–water partition coefficient (Wildman–Crippen LogP) is 3.98. The van der Waals surface area contributed by atoms with E-state index in [1.54, 1.807) is 17.9 Å². The molecule has 1 unspecified atom stereocenters. The number of carbonyl (C=O) groups is 2. The molecule has 164 valence electrons. The maximum Gasteiger partial charge on any atom is 0.417 e. The highest BCUT2D eigenvalue weighted by Gasteiger charge is 2.46. The number of nitrogens with one attached hydrogen (secondary N) is 1. The average molecular weight is 458 g/mol. The lowest BCUT2D eigenvalue weighted by molar-refractivity contribution is -0.137. The highest BCUT2D eigenvalue weighted by atomic mass is 32.1. The number of nitriles is 1. The molecule has 0 aromatic heterocycles. The molecule has 1 atom stereocenters. The standard InChI is InChI=1S/C22H17F3N4O2S/c1-2-19(30)27-15-5-3-12-8-18-20(31)29(21(32)28(18)11-14(12)7-15)16-6-4-13(10-26)17(9-16)22(23,24)25/h3-7,9,18H,2,8,11H2,1H3,(H,27,30). The second-order valence-electron chi connectivity index (χ2n) is 7.53. The molecule has 6 nitrogen and oxygen atoms in total. The summed E-state index contributed by atoms with van der Waals surface area (Å²) in [7, 11) is 0. The number of halogens is 3. The largest absolute Gasteiger partial charge is 0.417 e. The van der Waals surface area contributed by atoms with Gasteiger partial charge in [-0.25, -0.2) is 0 Å². The summed E-state index contributed by atoms with van der Waals surface area (Å²) in [6.45, 7) is 2.04. The summed E-state index contributed by atoms with van der Waals surface area (Å²) in [6, 6.07) is 9.43. The van der Waals surface area contributed by atoms with Gasteiger partial charge < -0.3 is 10.2 Å². The van der Waals surface area contributed by atoms with Gasteiger partial charge in [0.15, 0.2) is 5.11 Å². The zero-order valence-corrected chi connectivity index (χ0v) is 17.7. The summed E-state index contributed by atoms with van der Waals surface area (Å²) in [5.41, 5.74) is 0.755. The van der Waals surface area contributed by atoms with Crippen LogP contribution in [0.4, 0.5) is 24.5 Å². The lowest BCUT2D eigenvalue weighted by atomic mass is 9.94. The number of benzene rings is 2. The Hall–Kier alpha value is -3.45. The predicted molar refractivity (Wildman–Crippen MR) is 115 cm³/mol. The van der Waals surface area contributed by atoms with Gasteiger partial charge in [-0.15, -0.1) is 0 Å². The SMILES string of the molecule is CCC(=O)Nc1ccc2c(c1)CN1C(=S)N(c3ccc(C#N)c(C(F)(F)F)c3)C(=O)C1C2. The topological polar surface area (TPSA) is 76.4 Å². The van der Waals surface area contributed by atoms with Gasteiger partial charge in [-0.1, -0.05) is 13.0 Å². The lowest BCUT2D eigenvalue weighted by Crippen LogP contribution is -2.40. The number of hydrogen-bond donors (Lipinski definition) is 1. The smallest absolute Gasteiger partial charge is 0.332 e. The third kappa shape index (κ3) is 3.69. The zero-order valence-electron chi connectivity index (χ0n) is 16.9. The van der Waals surface area contributed by atoms with Gasteiger partial charge in [0.1, 0.15) is 6.04 Å². The first-order chi connectivity index (χ1) is 15.1. The number of hydrogen-bond acceptors (Lipinski definition) is 4. The van der Waals surface area contributed by atoms with Crippen LogP contribution in [0.15, 0.2) is 36.4 Å². The molecule has 2 aromatic carbocycles. The first-order valence-electron chi connectivity index (χ1n) is 9.81. The minimum absolute atomic E-state index is 0.0271. The molecule has 0 saturated carbocycles. The first kappa shape index (κ1) is 21.8. The van der Waals surface area contributed by atoms with E-state index < -0.39 is 29.3 Å². The Morgan fingerprint density at radius 3 is 2.66 bits per heavy atom. The second kappa shape index (κ2) is 7.91. The van der Waals surface area contributed by atoms with Gasteiger partial charge in [-0.05, 0) is 53.7 Å².